The largest absolute Gasteiger partial charge is 0.396 e. The van der Waals surface area contributed by atoms with Gasteiger partial charge < -0.3 is 11.1 Å². The Morgan fingerprint density at radius 3 is 2.84 bits per heavy atom. The lowest BCUT2D eigenvalue weighted by molar-refractivity contribution is 0.0949. The van der Waals surface area contributed by atoms with E-state index in [-0.39, 0.29) is 11.6 Å². The number of anilines is 1. The summed E-state index contributed by atoms with van der Waals surface area (Å²) < 4.78 is 3.38. The van der Waals surface area contributed by atoms with Crippen LogP contribution in [0.2, 0.25) is 0 Å². The Kier molecular flexibility index (Phi) is 3.84. The molecule has 2 heterocycles. The van der Waals surface area contributed by atoms with Crippen molar-refractivity contribution in [1.29, 1.82) is 0 Å². The van der Waals surface area contributed by atoms with Gasteiger partial charge in [0.15, 0.2) is 5.69 Å². The van der Waals surface area contributed by atoms with Crippen molar-refractivity contribution < 1.29 is 4.79 Å². The molecule has 0 aliphatic carbocycles. The minimum absolute atomic E-state index is 0.249. The molecule has 2 rings (SSSR count). The number of nitrogens with zero attached hydrogens (tertiary/aromatic N) is 4. The molecule has 2 aromatic heterocycles. The highest BCUT2D eigenvalue weighted by molar-refractivity contribution is 5.96. The molecule has 0 saturated carbocycles. The van der Waals surface area contributed by atoms with Gasteiger partial charge in [-0.05, 0) is 13.0 Å². The Morgan fingerprint density at radius 2 is 2.26 bits per heavy atom. The topological polar surface area (TPSA) is 90.8 Å². The molecule has 7 nitrogen and oxygen atoms in total. The van der Waals surface area contributed by atoms with Crippen LogP contribution in [0.5, 0.6) is 0 Å². The van der Waals surface area contributed by atoms with Gasteiger partial charge in [0.25, 0.3) is 5.91 Å². The van der Waals surface area contributed by atoms with Gasteiger partial charge in [0.2, 0.25) is 0 Å². The van der Waals surface area contributed by atoms with Crippen molar-refractivity contribution >= 4 is 11.6 Å². The number of nitrogens with two attached hydrogens (primary N) is 1. The predicted octanol–water partition coefficient (Wildman–Crippen LogP) is 0.191. The summed E-state index contributed by atoms with van der Waals surface area (Å²) >= 11 is 0. The van der Waals surface area contributed by atoms with E-state index in [1.54, 1.807) is 15.6 Å². The van der Waals surface area contributed by atoms with Crippen LogP contribution < -0.4 is 11.1 Å². The summed E-state index contributed by atoms with van der Waals surface area (Å²) in [7, 11) is 1.86. The van der Waals surface area contributed by atoms with Gasteiger partial charge >= 0.3 is 0 Å². The van der Waals surface area contributed by atoms with Crippen LogP contribution in [0.1, 0.15) is 23.1 Å². The molecule has 0 unspecified atom stereocenters. The van der Waals surface area contributed by atoms with Crippen LogP contribution in [0.3, 0.4) is 0 Å². The second-order valence-corrected chi connectivity index (χ2v) is 4.28. The van der Waals surface area contributed by atoms with Gasteiger partial charge in [0, 0.05) is 39.0 Å². The summed E-state index contributed by atoms with van der Waals surface area (Å²) in [6.45, 7) is 3.13. The van der Waals surface area contributed by atoms with Gasteiger partial charge in [-0.1, -0.05) is 0 Å². The van der Waals surface area contributed by atoms with Crippen molar-refractivity contribution in [2.24, 2.45) is 7.05 Å². The van der Waals surface area contributed by atoms with Gasteiger partial charge in [-0.3, -0.25) is 14.2 Å². The van der Waals surface area contributed by atoms with Crippen LogP contribution in [0.4, 0.5) is 5.69 Å². The lowest BCUT2D eigenvalue weighted by Gasteiger charge is -2.02. The predicted molar refractivity (Wildman–Crippen MR) is 71.6 cm³/mol. The second-order valence-electron chi connectivity index (χ2n) is 4.28. The number of aryl methyl sites for hydroxylation is 2. The van der Waals surface area contributed by atoms with E-state index in [4.69, 9.17) is 5.73 Å². The number of nitrogen functional groups attached to an aromatic ring is 1. The third-order valence-corrected chi connectivity index (χ3v) is 2.76. The van der Waals surface area contributed by atoms with E-state index < -0.39 is 0 Å². The van der Waals surface area contributed by atoms with E-state index in [0.29, 0.717) is 25.2 Å². The maximum atomic E-state index is 11.9. The van der Waals surface area contributed by atoms with Crippen molar-refractivity contribution in [3.05, 3.63) is 29.8 Å². The second kappa shape index (κ2) is 5.55. The van der Waals surface area contributed by atoms with E-state index in [2.05, 4.69) is 15.5 Å². The quantitative estimate of drug-likeness (QED) is 0.804. The fourth-order valence-electron chi connectivity index (χ4n) is 1.76. The van der Waals surface area contributed by atoms with E-state index in [1.807, 2.05) is 26.2 Å². The first-order chi connectivity index (χ1) is 9.10. The zero-order chi connectivity index (χ0) is 13.8. The Bertz CT molecular complexity index is 571. The first-order valence-electron chi connectivity index (χ1n) is 6.19. The Balaban J connectivity index is 1.88. The Hall–Kier alpha value is -2.31. The molecule has 3 N–H and O–H groups in total. The molecule has 0 aliphatic rings. The number of aromatic nitrogens is 4. The molecular weight excluding hydrogens is 244 g/mol. The number of hydrogen-bond donors (Lipinski definition) is 2. The third-order valence-electron chi connectivity index (χ3n) is 2.76. The standard InChI is InChI=1S/C12H18N6O/c1-3-18-8-10(13)11(16-18)12(19)14-6-4-9-5-7-17(2)15-9/h5,7-8H,3-4,6,13H2,1-2H3,(H,14,19). The van der Waals surface area contributed by atoms with Crippen LogP contribution in [-0.2, 0) is 20.0 Å². The number of carbonyl (C=O) groups is 1. The van der Waals surface area contributed by atoms with E-state index in [9.17, 15) is 4.79 Å². The molecule has 0 aliphatic heterocycles. The Morgan fingerprint density at radius 1 is 1.47 bits per heavy atom. The van der Waals surface area contributed by atoms with Crippen LogP contribution in [0.25, 0.3) is 0 Å². The summed E-state index contributed by atoms with van der Waals surface area (Å²) in [4.78, 5) is 11.9. The summed E-state index contributed by atoms with van der Waals surface area (Å²) in [5.41, 5.74) is 7.36. The molecule has 19 heavy (non-hydrogen) atoms. The monoisotopic (exact) mass is 262 g/mol. The molecule has 0 saturated heterocycles. The number of amides is 1. The summed E-state index contributed by atoms with van der Waals surface area (Å²) in [6.07, 6.45) is 4.21. The van der Waals surface area contributed by atoms with Crippen LogP contribution in [0, 0.1) is 0 Å². The maximum absolute atomic E-state index is 11.9. The minimum Gasteiger partial charge on any atom is -0.396 e. The van der Waals surface area contributed by atoms with Crippen molar-refractivity contribution in [3.8, 4) is 0 Å². The van der Waals surface area contributed by atoms with Crippen molar-refractivity contribution in [1.82, 2.24) is 24.9 Å². The first-order valence-corrected chi connectivity index (χ1v) is 6.19. The normalized spacial score (nSPS) is 10.6. The van der Waals surface area contributed by atoms with E-state index in [1.165, 1.54) is 0 Å². The average molecular weight is 262 g/mol. The number of hydrogen-bond acceptors (Lipinski definition) is 4. The van der Waals surface area contributed by atoms with Crippen molar-refractivity contribution in [3.63, 3.8) is 0 Å². The van der Waals surface area contributed by atoms with Crippen molar-refractivity contribution in [2.75, 3.05) is 12.3 Å². The molecule has 102 valence electrons. The first kappa shape index (κ1) is 13.1. The summed E-state index contributed by atoms with van der Waals surface area (Å²) in [5.74, 6) is -0.249. The van der Waals surface area contributed by atoms with E-state index >= 15 is 0 Å². The summed E-state index contributed by atoms with van der Waals surface area (Å²) in [6, 6.07) is 1.92. The molecule has 0 atom stereocenters. The van der Waals surface area contributed by atoms with Crippen LogP contribution >= 0.6 is 0 Å². The van der Waals surface area contributed by atoms with E-state index in [0.717, 1.165) is 5.69 Å². The zero-order valence-electron chi connectivity index (χ0n) is 11.1. The lowest BCUT2D eigenvalue weighted by atomic mass is 10.3. The van der Waals surface area contributed by atoms with Crippen LogP contribution in [0.15, 0.2) is 18.5 Å². The fraction of sp³-hybridized carbons (Fsp3) is 0.417. The van der Waals surface area contributed by atoms with Gasteiger partial charge in [0.1, 0.15) is 0 Å². The van der Waals surface area contributed by atoms with Gasteiger partial charge in [-0.2, -0.15) is 10.2 Å². The highest BCUT2D eigenvalue weighted by Gasteiger charge is 2.13. The maximum Gasteiger partial charge on any atom is 0.273 e. The minimum atomic E-state index is -0.249. The zero-order valence-corrected chi connectivity index (χ0v) is 11.1. The van der Waals surface area contributed by atoms with Crippen LogP contribution in [-0.4, -0.2) is 32.0 Å². The highest BCUT2D eigenvalue weighted by Crippen LogP contribution is 2.08. The average Bonchev–Trinajstić information content (AvgIpc) is 2.95. The van der Waals surface area contributed by atoms with Gasteiger partial charge in [0.05, 0.1) is 11.4 Å². The lowest BCUT2D eigenvalue weighted by Crippen LogP contribution is -2.27. The molecule has 7 heteroatoms. The molecule has 1 amide bonds. The molecule has 2 aromatic rings. The number of nitrogens with one attached hydrogen (secondary N) is 1. The smallest absolute Gasteiger partial charge is 0.273 e. The van der Waals surface area contributed by atoms with Crippen molar-refractivity contribution in [2.45, 2.75) is 19.9 Å². The highest BCUT2D eigenvalue weighted by atomic mass is 16.1. The van der Waals surface area contributed by atoms with Gasteiger partial charge in [-0.25, -0.2) is 0 Å². The molecular formula is C12H18N6O. The SMILES string of the molecule is CCn1cc(N)c(C(=O)NCCc2ccn(C)n2)n1. The number of rotatable bonds is 5. The summed E-state index contributed by atoms with van der Waals surface area (Å²) in [5, 5.41) is 11.1. The molecule has 0 fully saturated rings. The number of carbonyl (C=O) groups excluding carboxylic acids is 1. The third kappa shape index (κ3) is 3.12. The Labute approximate surface area is 111 Å². The molecule has 0 aromatic carbocycles. The fourth-order valence-corrected chi connectivity index (χ4v) is 1.76. The molecule has 0 radical (unpaired) electrons. The molecule has 0 spiro atoms. The molecule has 0 bridgehead atoms. The van der Waals surface area contributed by atoms with Gasteiger partial charge in [-0.15, -0.1) is 0 Å².